The van der Waals surface area contributed by atoms with Crippen LogP contribution in [0.3, 0.4) is 0 Å². The highest BCUT2D eigenvalue weighted by Gasteiger charge is 2.26. The van der Waals surface area contributed by atoms with Crippen LogP contribution < -0.4 is 0 Å². The van der Waals surface area contributed by atoms with Crippen LogP contribution in [-0.4, -0.2) is 29.3 Å². The number of fused-ring (bicyclic) bond motifs is 1. The first-order valence-corrected chi connectivity index (χ1v) is 6.83. The zero-order chi connectivity index (χ0) is 13.4. The van der Waals surface area contributed by atoms with Crippen molar-refractivity contribution < 1.29 is 14.6 Å². The number of ether oxygens (including phenoxy) is 1. The SMILES string of the molecule is Cc1cc2c(cc1C1CCOCC1)CN(C(=O)O)C2. The Morgan fingerprint density at radius 3 is 2.53 bits per heavy atom. The van der Waals surface area contributed by atoms with Gasteiger partial charge < -0.3 is 9.84 Å². The molecule has 0 saturated carbocycles. The molecule has 1 fully saturated rings. The number of hydrogen-bond donors (Lipinski definition) is 1. The molecule has 0 aromatic heterocycles. The quantitative estimate of drug-likeness (QED) is 0.845. The molecule has 1 amide bonds. The fourth-order valence-electron chi connectivity index (χ4n) is 3.18. The largest absolute Gasteiger partial charge is 0.465 e. The molecule has 0 spiro atoms. The van der Waals surface area contributed by atoms with Crippen LogP contribution in [0.2, 0.25) is 0 Å². The molecule has 2 aliphatic heterocycles. The van der Waals surface area contributed by atoms with Crippen molar-refractivity contribution in [1.29, 1.82) is 0 Å². The van der Waals surface area contributed by atoms with Crippen LogP contribution in [-0.2, 0) is 17.8 Å². The lowest BCUT2D eigenvalue weighted by Crippen LogP contribution is -2.22. The van der Waals surface area contributed by atoms with E-state index in [2.05, 4.69) is 19.1 Å². The molecule has 1 aromatic rings. The number of carboxylic acid groups (broad SMARTS) is 1. The summed E-state index contributed by atoms with van der Waals surface area (Å²) in [7, 11) is 0. The monoisotopic (exact) mass is 261 g/mol. The predicted octanol–water partition coefficient (Wildman–Crippen LogP) is 2.88. The maximum absolute atomic E-state index is 11.1. The molecule has 1 N–H and O–H groups in total. The van der Waals surface area contributed by atoms with Gasteiger partial charge in [0.1, 0.15) is 0 Å². The molecule has 3 rings (SSSR count). The van der Waals surface area contributed by atoms with Gasteiger partial charge in [-0.25, -0.2) is 4.79 Å². The predicted molar refractivity (Wildman–Crippen MR) is 71.2 cm³/mol. The highest BCUT2D eigenvalue weighted by molar-refractivity contribution is 5.66. The number of nitrogens with zero attached hydrogens (tertiary/aromatic N) is 1. The minimum Gasteiger partial charge on any atom is -0.465 e. The van der Waals surface area contributed by atoms with Gasteiger partial charge in [0.15, 0.2) is 0 Å². The second-order valence-corrected chi connectivity index (χ2v) is 5.50. The van der Waals surface area contributed by atoms with Gasteiger partial charge in [0.25, 0.3) is 0 Å². The topological polar surface area (TPSA) is 49.8 Å². The molecule has 1 aromatic carbocycles. The lowest BCUT2D eigenvalue weighted by Gasteiger charge is -2.24. The third-order valence-corrected chi connectivity index (χ3v) is 4.24. The van der Waals surface area contributed by atoms with E-state index >= 15 is 0 Å². The zero-order valence-electron chi connectivity index (χ0n) is 11.2. The first kappa shape index (κ1) is 12.5. The second-order valence-electron chi connectivity index (χ2n) is 5.50. The summed E-state index contributed by atoms with van der Waals surface area (Å²) in [5.74, 6) is 0.568. The van der Waals surface area contributed by atoms with Crippen molar-refractivity contribution in [3.8, 4) is 0 Å². The van der Waals surface area contributed by atoms with Crippen LogP contribution in [0.15, 0.2) is 12.1 Å². The summed E-state index contributed by atoms with van der Waals surface area (Å²) >= 11 is 0. The number of carbonyl (C=O) groups is 1. The van der Waals surface area contributed by atoms with E-state index in [9.17, 15) is 4.79 Å². The van der Waals surface area contributed by atoms with Crippen molar-refractivity contribution in [2.24, 2.45) is 0 Å². The molecule has 0 aliphatic carbocycles. The molecule has 4 heteroatoms. The lowest BCUT2D eigenvalue weighted by atomic mass is 9.86. The van der Waals surface area contributed by atoms with E-state index in [1.807, 2.05) is 0 Å². The van der Waals surface area contributed by atoms with Gasteiger partial charge in [-0.15, -0.1) is 0 Å². The summed E-state index contributed by atoms with van der Waals surface area (Å²) in [5.41, 5.74) is 5.01. The molecule has 4 nitrogen and oxygen atoms in total. The van der Waals surface area contributed by atoms with E-state index in [4.69, 9.17) is 9.84 Å². The molecule has 2 heterocycles. The Hall–Kier alpha value is -1.55. The molecule has 1 saturated heterocycles. The maximum Gasteiger partial charge on any atom is 0.407 e. The zero-order valence-corrected chi connectivity index (χ0v) is 11.2. The van der Waals surface area contributed by atoms with Crippen LogP contribution in [0.1, 0.15) is 41.0 Å². The molecule has 19 heavy (non-hydrogen) atoms. The normalized spacial score (nSPS) is 19.5. The highest BCUT2D eigenvalue weighted by atomic mass is 16.5. The molecule has 102 valence electrons. The number of amides is 1. The van der Waals surface area contributed by atoms with Gasteiger partial charge >= 0.3 is 6.09 Å². The Bertz CT molecular complexity index is 506. The van der Waals surface area contributed by atoms with Crippen molar-refractivity contribution in [1.82, 2.24) is 4.90 Å². The van der Waals surface area contributed by atoms with Crippen molar-refractivity contribution in [2.45, 2.75) is 38.8 Å². The smallest absolute Gasteiger partial charge is 0.407 e. The van der Waals surface area contributed by atoms with Gasteiger partial charge in [0.2, 0.25) is 0 Å². The fourth-order valence-corrected chi connectivity index (χ4v) is 3.18. The summed E-state index contributed by atoms with van der Waals surface area (Å²) in [6, 6.07) is 4.40. The molecular formula is C15H19NO3. The molecule has 0 unspecified atom stereocenters. The fraction of sp³-hybridized carbons (Fsp3) is 0.533. The van der Waals surface area contributed by atoms with Gasteiger partial charge in [-0.3, -0.25) is 4.90 Å². The first-order valence-electron chi connectivity index (χ1n) is 6.83. The van der Waals surface area contributed by atoms with Gasteiger partial charge in [-0.05, 0) is 47.9 Å². The summed E-state index contributed by atoms with van der Waals surface area (Å²) in [6.07, 6.45) is 1.31. The Morgan fingerprint density at radius 2 is 1.89 bits per heavy atom. The molecule has 0 radical (unpaired) electrons. The van der Waals surface area contributed by atoms with Crippen LogP contribution in [0, 0.1) is 6.92 Å². The molecular weight excluding hydrogens is 242 g/mol. The second kappa shape index (κ2) is 4.85. The average molecular weight is 261 g/mol. The Morgan fingerprint density at radius 1 is 1.26 bits per heavy atom. The molecule has 2 aliphatic rings. The third kappa shape index (κ3) is 2.32. The number of hydrogen-bond acceptors (Lipinski definition) is 2. The Labute approximate surface area is 113 Å². The van der Waals surface area contributed by atoms with E-state index in [1.54, 1.807) is 0 Å². The number of aryl methyl sites for hydroxylation is 1. The van der Waals surface area contributed by atoms with Gasteiger partial charge in [-0.1, -0.05) is 12.1 Å². The molecule has 0 bridgehead atoms. The molecule has 0 atom stereocenters. The van der Waals surface area contributed by atoms with Crippen molar-refractivity contribution in [2.75, 3.05) is 13.2 Å². The highest BCUT2D eigenvalue weighted by Crippen LogP contribution is 2.33. The maximum atomic E-state index is 11.1. The van der Waals surface area contributed by atoms with Crippen molar-refractivity contribution in [3.63, 3.8) is 0 Å². The van der Waals surface area contributed by atoms with E-state index in [0.717, 1.165) is 31.6 Å². The summed E-state index contributed by atoms with van der Waals surface area (Å²) in [6.45, 7) is 4.86. The minimum absolute atomic E-state index is 0.527. The minimum atomic E-state index is -0.832. The lowest BCUT2D eigenvalue weighted by molar-refractivity contribution is 0.0852. The van der Waals surface area contributed by atoms with Crippen LogP contribution in [0.5, 0.6) is 0 Å². The van der Waals surface area contributed by atoms with Crippen molar-refractivity contribution in [3.05, 3.63) is 34.4 Å². The number of rotatable bonds is 1. The van der Waals surface area contributed by atoms with Crippen molar-refractivity contribution >= 4 is 6.09 Å². The van der Waals surface area contributed by atoms with Crippen LogP contribution in [0.4, 0.5) is 4.79 Å². The van der Waals surface area contributed by atoms with Crippen LogP contribution >= 0.6 is 0 Å². The first-order chi connectivity index (χ1) is 9.15. The third-order valence-electron chi connectivity index (χ3n) is 4.24. The average Bonchev–Trinajstić information content (AvgIpc) is 2.82. The number of benzene rings is 1. The van der Waals surface area contributed by atoms with E-state index in [-0.39, 0.29) is 0 Å². The van der Waals surface area contributed by atoms with Gasteiger partial charge in [-0.2, -0.15) is 0 Å². The van der Waals surface area contributed by atoms with E-state index in [1.165, 1.54) is 21.6 Å². The summed E-state index contributed by atoms with van der Waals surface area (Å²) in [5, 5.41) is 9.08. The summed E-state index contributed by atoms with van der Waals surface area (Å²) in [4.78, 5) is 12.5. The van der Waals surface area contributed by atoms with Crippen LogP contribution in [0.25, 0.3) is 0 Å². The van der Waals surface area contributed by atoms with E-state index in [0.29, 0.717) is 19.0 Å². The summed E-state index contributed by atoms with van der Waals surface area (Å²) < 4.78 is 5.42. The van der Waals surface area contributed by atoms with Gasteiger partial charge in [0, 0.05) is 26.3 Å². The Balaban J connectivity index is 1.88. The van der Waals surface area contributed by atoms with Gasteiger partial charge in [0.05, 0.1) is 0 Å². The van der Waals surface area contributed by atoms with E-state index < -0.39 is 6.09 Å². The Kier molecular flexibility index (Phi) is 3.19. The standard InChI is InChI=1S/C15H19NO3/c1-10-6-12-8-16(15(17)18)9-13(12)7-14(10)11-2-4-19-5-3-11/h6-7,11H,2-5,8-9H2,1H3,(H,17,18).